The lowest BCUT2D eigenvalue weighted by atomic mass is 9.96. The van der Waals surface area contributed by atoms with Crippen molar-refractivity contribution in [3.63, 3.8) is 0 Å². The highest BCUT2D eigenvalue weighted by Gasteiger charge is 2.19. The van der Waals surface area contributed by atoms with Gasteiger partial charge in [0.1, 0.15) is 9.71 Å². The molecule has 0 unspecified atom stereocenters. The van der Waals surface area contributed by atoms with Gasteiger partial charge >= 0.3 is 0 Å². The minimum Gasteiger partial charge on any atom is -0.397 e. The van der Waals surface area contributed by atoms with Crippen LogP contribution < -0.4 is 11.5 Å². The van der Waals surface area contributed by atoms with Crippen molar-refractivity contribution in [3.8, 4) is 6.07 Å². The van der Waals surface area contributed by atoms with Gasteiger partial charge in [-0.05, 0) is 49.1 Å². The zero-order valence-electron chi connectivity index (χ0n) is 13.4. The predicted octanol–water partition coefficient (Wildman–Crippen LogP) is 3.06. The van der Waals surface area contributed by atoms with Gasteiger partial charge in [-0.3, -0.25) is 4.79 Å². The molecular weight excluding hydrogens is 320 g/mol. The van der Waals surface area contributed by atoms with Gasteiger partial charge in [-0.25, -0.2) is 4.98 Å². The van der Waals surface area contributed by atoms with E-state index in [9.17, 15) is 4.79 Å². The zero-order chi connectivity index (χ0) is 17.4. The Kier molecular flexibility index (Phi) is 3.96. The molecule has 3 aromatic rings. The average Bonchev–Trinajstić information content (AvgIpc) is 2.89. The average molecular weight is 336 g/mol. The first kappa shape index (κ1) is 16.0. The summed E-state index contributed by atoms with van der Waals surface area (Å²) in [5, 5.41) is 9.70. The van der Waals surface area contributed by atoms with E-state index in [4.69, 9.17) is 16.7 Å². The van der Waals surface area contributed by atoms with E-state index in [1.54, 1.807) is 12.1 Å². The van der Waals surface area contributed by atoms with E-state index in [0.29, 0.717) is 22.5 Å². The van der Waals surface area contributed by atoms with Crippen LogP contribution in [0.5, 0.6) is 0 Å². The Labute approximate surface area is 143 Å². The number of nitrogen functional groups attached to an aromatic ring is 1. The molecule has 0 saturated carbocycles. The number of benzene rings is 1. The maximum absolute atomic E-state index is 11.5. The van der Waals surface area contributed by atoms with Crippen molar-refractivity contribution in [2.24, 2.45) is 5.73 Å². The lowest BCUT2D eigenvalue weighted by Gasteiger charge is -2.11. The number of fused-ring (bicyclic) bond motifs is 1. The Balaban J connectivity index is 2.12. The number of carbonyl (C=O) groups excluding carboxylic acids is 1. The van der Waals surface area contributed by atoms with Gasteiger partial charge in [0.2, 0.25) is 0 Å². The fraction of sp³-hybridized carbons (Fsp3) is 0.167. The van der Waals surface area contributed by atoms with Crippen molar-refractivity contribution in [2.45, 2.75) is 20.3 Å². The van der Waals surface area contributed by atoms with E-state index in [-0.39, 0.29) is 0 Å². The second kappa shape index (κ2) is 5.95. The maximum Gasteiger partial charge on any atom is 0.260 e. The number of aromatic nitrogens is 1. The van der Waals surface area contributed by atoms with Gasteiger partial charge in [0.15, 0.2) is 0 Å². The summed E-state index contributed by atoms with van der Waals surface area (Å²) in [5.74, 6) is -0.527. The summed E-state index contributed by atoms with van der Waals surface area (Å²) < 4.78 is 0. The summed E-state index contributed by atoms with van der Waals surface area (Å²) in [5.41, 5.74) is 16.6. The molecule has 3 rings (SSSR count). The highest BCUT2D eigenvalue weighted by Crippen LogP contribution is 2.37. The Morgan fingerprint density at radius 2 is 1.96 bits per heavy atom. The number of amides is 1. The third-order valence-electron chi connectivity index (χ3n) is 4.15. The minimum atomic E-state index is -0.527. The lowest BCUT2D eigenvalue weighted by Crippen LogP contribution is -2.10. The number of nitrogens with zero attached hydrogens (tertiary/aromatic N) is 2. The smallest absolute Gasteiger partial charge is 0.260 e. The van der Waals surface area contributed by atoms with E-state index in [1.807, 2.05) is 26.0 Å². The van der Waals surface area contributed by atoms with E-state index in [2.05, 4.69) is 11.1 Å². The van der Waals surface area contributed by atoms with Crippen molar-refractivity contribution < 1.29 is 4.79 Å². The fourth-order valence-corrected chi connectivity index (χ4v) is 3.91. The van der Waals surface area contributed by atoms with E-state index >= 15 is 0 Å². The summed E-state index contributed by atoms with van der Waals surface area (Å²) in [7, 11) is 0. The van der Waals surface area contributed by atoms with Gasteiger partial charge < -0.3 is 11.5 Å². The molecule has 0 saturated heterocycles. The van der Waals surface area contributed by atoms with Gasteiger partial charge in [-0.1, -0.05) is 12.1 Å². The number of nitriles is 1. The molecule has 6 heteroatoms. The van der Waals surface area contributed by atoms with Gasteiger partial charge in [0, 0.05) is 11.1 Å². The van der Waals surface area contributed by atoms with Crippen LogP contribution in [0.25, 0.3) is 10.2 Å². The van der Waals surface area contributed by atoms with Gasteiger partial charge in [0.05, 0.1) is 17.3 Å². The third-order valence-corrected chi connectivity index (χ3v) is 5.26. The first-order chi connectivity index (χ1) is 11.4. The molecule has 0 fully saturated rings. The molecule has 0 spiro atoms. The van der Waals surface area contributed by atoms with Crippen LogP contribution in [0.3, 0.4) is 0 Å². The molecule has 2 heterocycles. The van der Waals surface area contributed by atoms with Crippen molar-refractivity contribution in [1.29, 1.82) is 5.26 Å². The molecule has 1 amide bonds. The SMILES string of the molecule is Cc1nc2sc(C(N)=O)c(N)c2c(C)c1Cc1ccc(C#N)cc1. The van der Waals surface area contributed by atoms with Crippen LogP contribution in [0.2, 0.25) is 0 Å². The summed E-state index contributed by atoms with van der Waals surface area (Å²) in [6, 6.07) is 9.59. The second-order valence-corrected chi connectivity index (χ2v) is 6.67. The second-order valence-electron chi connectivity index (χ2n) is 5.68. The number of rotatable bonds is 3. The number of pyridine rings is 1. The predicted molar refractivity (Wildman–Crippen MR) is 96.0 cm³/mol. The molecule has 5 nitrogen and oxygen atoms in total. The number of primary amides is 1. The lowest BCUT2D eigenvalue weighted by molar-refractivity contribution is 0.100. The van der Waals surface area contributed by atoms with Crippen LogP contribution in [-0.4, -0.2) is 10.9 Å². The first-order valence-corrected chi connectivity index (χ1v) is 8.21. The molecule has 1 aromatic carbocycles. The maximum atomic E-state index is 11.5. The van der Waals surface area contributed by atoms with E-state index < -0.39 is 5.91 Å². The molecule has 0 aliphatic heterocycles. The Bertz CT molecular complexity index is 997. The number of hydrogen-bond acceptors (Lipinski definition) is 5. The van der Waals surface area contributed by atoms with Crippen molar-refractivity contribution in [1.82, 2.24) is 4.98 Å². The Morgan fingerprint density at radius 3 is 2.54 bits per heavy atom. The quantitative estimate of drug-likeness (QED) is 0.766. The molecule has 2 aromatic heterocycles. The van der Waals surface area contributed by atoms with Crippen LogP contribution in [0, 0.1) is 25.2 Å². The number of carbonyl (C=O) groups is 1. The summed E-state index contributed by atoms with van der Waals surface area (Å²) >= 11 is 1.23. The number of nitrogens with two attached hydrogens (primary N) is 2. The molecule has 0 bridgehead atoms. The minimum absolute atomic E-state index is 0.357. The molecule has 0 aliphatic rings. The summed E-state index contributed by atoms with van der Waals surface area (Å²) in [6.45, 7) is 3.94. The van der Waals surface area contributed by atoms with Crippen LogP contribution in [0.1, 0.15) is 37.6 Å². The van der Waals surface area contributed by atoms with Gasteiger partial charge in [-0.15, -0.1) is 11.3 Å². The highest BCUT2D eigenvalue weighted by atomic mass is 32.1. The van der Waals surface area contributed by atoms with Crippen molar-refractivity contribution >= 4 is 33.1 Å². The van der Waals surface area contributed by atoms with Gasteiger partial charge in [-0.2, -0.15) is 5.26 Å². The Morgan fingerprint density at radius 1 is 1.29 bits per heavy atom. The van der Waals surface area contributed by atoms with Crippen LogP contribution in [0.15, 0.2) is 24.3 Å². The monoisotopic (exact) mass is 336 g/mol. The Hall–Kier alpha value is -2.91. The largest absolute Gasteiger partial charge is 0.397 e. The van der Waals surface area contributed by atoms with Crippen LogP contribution in [-0.2, 0) is 6.42 Å². The number of anilines is 1. The van der Waals surface area contributed by atoms with Crippen LogP contribution in [0.4, 0.5) is 5.69 Å². The third kappa shape index (κ3) is 2.59. The van der Waals surface area contributed by atoms with Crippen LogP contribution >= 0.6 is 11.3 Å². The van der Waals surface area contributed by atoms with E-state index in [0.717, 1.165) is 32.6 Å². The molecule has 0 radical (unpaired) electrons. The first-order valence-electron chi connectivity index (χ1n) is 7.39. The number of aryl methyl sites for hydroxylation is 2. The fourth-order valence-electron chi connectivity index (χ4n) is 2.86. The molecule has 0 aliphatic carbocycles. The summed E-state index contributed by atoms with van der Waals surface area (Å²) in [4.78, 5) is 17.2. The zero-order valence-corrected chi connectivity index (χ0v) is 14.2. The van der Waals surface area contributed by atoms with Crippen molar-refractivity contribution in [2.75, 3.05) is 5.73 Å². The molecular formula is C18H16N4OS. The molecule has 4 N–H and O–H groups in total. The topological polar surface area (TPSA) is 106 Å². The molecule has 0 atom stereocenters. The standard InChI is InChI=1S/C18H16N4OS/c1-9-13(7-11-3-5-12(8-19)6-4-11)10(2)22-18-14(9)15(20)16(24-18)17(21)23/h3-6H,7,20H2,1-2H3,(H2,21,23). The summed E-state index contributed by atoms with van der Waals surface area (Å²) in [6.07, 6.45) is 0.688. The molecule has 24 heavy (non-hydrogen) atoms. The van der Waals surface area contributed by atoms with Gasteiger partial charge in [0.25, 0.3) is 5.91 Å². The highest BCUT2D eigenvalue weighted by molar-refractivity contribution is 7.21. The number of hydrogen-bond donors (Lipinski definition) is 2. The molecule has 120 valence electrons. The normalized spacial score (nSPS) is 10.7. The number of thiophene rings is 1. The van der Waals surface area contributed by atoms with Crippen molar-refractivity contribution in [3.05, 3.63) is 57.1 Å². The van der Waals surface area contributed by atoms with E-state index in [1.165, 1.54) is 11.3 Å².